The van der Waals surface area contributed by atoms with Crippen LogP contribution in [0.1, 0.15) is 34.5 Å². The minimum atomic E-state index is -0.323. The number of rotatable bonds is 5. The maximum Gasteiger partial charge on any atom is 0.271 e. The maximum absolute atomic E-state index is 12.2. The van der Waals surface area contributed by atoms with Crippen LogP contribution in [0.4, 0.5) is 5.13 Å². The normalized spacial score (nSPS) is 14.5. The number of hydrazone groups is 1. The lowest BCUT2D eigenvalue weighted by Crippen LogP contribution is -2.29. The van der Waals surface area contributed by atoms with Crippen LogP contribution in [-0.2, 0) is 0 Å². The number of amides is 1. The molecule has 1 fully saturated rings. The highest BCUT2D eigenvalue weighted by Gasteiger charge is 2.16. The van der Waals surface area contributed by atoms with Crippen LogP contribution >= 0.6 is 22.9 Å². The van der Waals surface area contributed by atoms with Crippen molar-refractivity contribution in [2.45, 2.75) is 19.3 Å². The summed E-state index contributed by atoms with van der Waals surface area (Å²) in [5.41, 5.74) is 3.73. The summed E-state index contributed by atoms with van der Waals surface area (Å²) >= 11 is 7.69. The number of hydrogen-bond acceptors (Lipinski definition) is 8. The molecule has 28 heavy (non-hydrogen) atoms. The van der Waals surface area contributed by atoms with Gasteiger partial charge in [0.15, 0.2) is 10.3 Å². The van der Waals surface area contributed by atoms with E-state index in [2.05, 4.69) is 35.9 Å². The molecular formula is C17H17ClN8OS. The third-order valence-corrected chi connectivity index (χ3v) is 5.77. The number of anilines is 1. The molecule has 2 aromatic heterocycles. The van der Waals surface area contributed by atoms with E-state index in [1.54, 1.807) is 24.3 Å². The van der Waals surface area contributed by atoms with Gasteiger partial charge in [-0.3, -0.25) is 4.79 Å². The quantitative estimate of drug-likeness (QED) is 0.506. The van der Waals surface area contributed by atoms with Crippen LogP contribution in [-0.4, -0.2) is 50.4 Å². The third-order valence-electron chi connectivity index (χ3n) is 4.32. The summed E-state index contributed by atoms with van der Waals surface area (Å²) < 4.78 is 1.51. The van der Waals surface area contributed by atoms with Crippen LogP contribution in [0.15, 0.2) is 35.7 Å². The molecule has 0 aliphatic carbocycles. The minimum Gasteiger partial charge on any atom is -0.348 e. The standard InChI is InChI=1S/C17H17ClN8OS/c18-15-14(28-17(21-15)25-8-2-1-3-9-25)10-19-22-16(27)12-4-6-13(7-5-12)26-11-20-23-24-26/h4-7,10-11H,1-3,8-9H2,(H,22,27)/b19-10-. The predicted octanol–water partition coefficient (Wildman–Crippen LogP) is 2.53. The number of carbonyl (C=O) groups excluding carboxylic acids is 1. The molecule has 1 saturated heterocycles. The van der Waals surface area contributed by atoms with E-state index < -0.39 is 0 Å². The van der Waals surface area contributed by atoms with E-state index in [9.17, 15) is 4.79 Å². The van der Waals surface area contributed by atoms with Gasteiger partial charge in [-0.1, -0.05) is 22.9 Å². The van der Waals surface area contributed by atoms with Crippen molar-refractivity contribution in [1.29, 1.82) is 0 Å². The van der Waals surface area contributed by atoms with Crippen LogP contribution < -0.4 is 10.3 Å². The average molecular weight is 417 g/mol. The van der Waals surface area contributed by atoms with Gasteiger partial charge < -0.3 is 4.90 Å². The fraction of sp³-hybridized carbons (Fsp3) is 0.294. The van der Waals surface area contributed by atoms with Crippen molar-refractivity contribution in [1.82, 2.24) is 30.6 Å². The Hall–Kier alpha value is -2.85. The topological polar surface area (TPSA) is 101 Å². The number of benzene rings is 1. The van der Waals surface area contributed by atoms with E-state index in [1.165, 1.54) is 47.8 Å². The number of nitrogens with one attached hydrogen (secondary N) is 1. The Morgan fingerprint density at radius 2 is 2.00 bits per heavy atom. The van der Waals surface area contributed by atoms with Gasteiger partial charge in [0.05, 0.1) is 16.8 Å². The molecule has 0 saturated carbocycles. The van der Waals surface area contributed by atoms with Crippen molar-refractivity contribution in [2.75, 3.05) is 18.0 Å². The number of tetrazole rings is 1. The fourth-order valence-electron chi connectivity index (χ4n) is 2.86. The van der Waals surface area contributed by atoms with Crippen molar-refractivity contribution >= 4 is 40.2 Å². The lowest BCUT2D eigenvalue weighted by Gasteiger charge is -2.25. The van der Waals surface area contributed by atoms with Gasteiger partial charge in [-0.15, -0.1) is 5.10 Å². The first-order valence-electron chi connectivity index (χ1n) is 8.79. The second-order valence-corrected chi connectivity index (χ2v) is 7.57. The summed E-state index contributed by atoms with van der Waals surface area (Å²) in [6, 6.07) is 6.85. The Kier molecular flexibility index (Phi) is 5.58. The second kappa shape index (κ2) is 8.44. The van der Waals surface area contributed by atoms with E-state index in [-0.39, 0.29) is 5.91 Å². The summed E-state index contributed by atoms with van der Waals surface area (Å²) in [7, 11) is 0. The van der Waals surface area contributed by atoms with Gasteiger partial charge >= 0.3 is 0 Å². The van der Waals surface area contributed by atoms with Crippen LogP contribution in [0.25, 0.3) is 5.69 Å². The number of hydrogen-bond donors (Lipinski definition) is 1. The van der Waals surface area contributed by atoms with Crippen molar-refractivity contribution < 1.29 is 4.79 Å². The van der Waals surface area contributed by atoms with Gasteiger partial charge in [-0.25, -0.2) is 15.1 Å². The molecule has 0 unspecified atom stereocenters. The Labute approximate surface area is 170 Å². The molecule has 1 aromatic carbocycles. The summed E-state index contributed by atoms with van der Waals surface area (Å²) in [5, 5.41) is 16.3. The van der Waals surface area contributed by atoms with Gasteiger partial charge in [0, 0.05) is 18.7 Å². The summed E-state index contributed by atoms with van der Waals surface area (Å²) in [6.45, 7) is 2.00. The molecule has 0 atom stereocenters. The zero-order valence-electron chi connectivity index (χ0n) is 14.8. The van der Waals surface area contributed by atoms with E-state index >= 15 is 0 Å². The predicted molar refractivity (Wildman–Crippen MR) is 107 cm³/mol. The van der Waals surface area contributed by atoms with E-state index in [0.29, 0.717) is 10.7 Å². The maximum atomic E-state index is 12.2. The first-order chi connectivity index (χ1) is 13.7. The molecule has 144 valence electrons. The molecule has 11 heteroatoms. The number of aromatic nitrogens is 5. The third kappa shape index (κ3) is 4.18. The molecule has 0 radical (unpaired) electrons. The molecule has 3 aromatic rings. The van der Waals surface area contributed by atoms with Gasteiger partial charge in [-0.05, 0) is 54.0 Å². The number of nitrogens with zero attached hydrogens (tertiary/aromatic N) is 7. The van der Waals surface area contributed by atoms with Crippen molar-refractivity contribution in [3.8, 4) is 5.69 Å². The van der Waals surface area contributed by atoms with Gasteiger partial charge in [-0.2, -0.15) is 5.10 Å². The molecule has 1 N–H and O–H groups in total. The van der Waals surface area contributed by atoms with Crippen molar-refractivity contribution in [2.24, 2.45) is 5.10 Å². The number of halogens is 1. The molecule has 4 rings (SSSR count). The second-order valence-electron chi connectivity index (χ2n) is 6.20. The summed E-state index contributed by atoms with van der Waals surface area (Å²) in [6.07, 6.45) is 6.61. The van der Waals surface area contributed by atoms with Crippen LogP contribution in [0, 0.1) is 0 Å². The molecular weight excluding hydrogens is 400 g/mol. The van der Waals surface area contributed by atoms with Crippen LogP contribution in [0.5, 0.6) is 0 Å². The monoisotopic (exact) mass is 416 g/mol. The molecule has 3 heterocycles. The first-order valence-corrected chi connectivity index (χ1v) is 9.98. The summed E-state index contributed by atoms with van der Waals surface area (Å²) in [5.74, 6) is -0.323. The molecule has 1 aliphatic heterocycles. The molecule has 0 bridgehead atoms. The number of carbonyl (C=O) groups is 1. The Morgan fingerprint density at radius 3 is 2.71 bits per heavy atom. The molecule has 9 nitrogen and oxygen atoms in total. The smallest absolute Gasteiger partial charge is 0.271 e. The SMILES string of the molecule is O=C(N/N=C\c1sc(N2CCCCC2)nc1Cl)c1ccc(-n2cnnn2)cc1. The van der Waals surface area contributed by atoms with E-state index in [1.807, 2.05) is 0 Å². The van der Waals surface area contributed by atoms with E-state index in [4.69, 9.17) is 11.6 Å². The Balaban J connectivity index is 1.38. The lowest BCUT2D eigenvalue weighted by atomic mass is 10.1. The minimum absolute atomic E-state index is 0.323. The van der Waals surface area contributed by atoms with Crippen LogP contribution in [0.2, 0.25) is 5.15 Å². The highest BCUT2D eigenvalue weighted by atomic mass is 35.5. The van der Waals surface area contributed by atoms with Gasteiger partial charge in [0.25, 0.3) is 5.91 Å². The molecule has 1 aliphatic rings. The highest BCUT2D eigenvalue weighted by molar-refractivity contribution is 7.17. The largest absolute Gasteiger partial charge is 0.348 e. The number of piperidine rings is 1. The highest BCUT2D eigenvalue weighted by Crippen LogP contribution is 2.30. The van der Waals surface area contributed by atoms with Crippen molar-refractivity contribution in [3.63, 3.8) is 0 Å². The van der Waals surface area contributed by atoms with Gasteiger partial charge in [0.1, 0.15) is 6.33 Å². The fourth-order valence-corrected chi connectivity index (χ4v) is 4.04. The molecule has 1 amide bonds. The summed E-state index contributed by atoms with van der Waals surface area (Å²) in [4.78, 5) is 19.6. The first kappa shape index (κ1) is 18.5. The zero-order chi connectivity index (χ0) is 19.3. The zero-order valence-corrected chi connectivity index (χ0v) is 16.4. The van der Waals surface area contributed by atoms with Crippen molar-refractivity contribution in [3.05, 3.63) is 46.2 Å². The number of thiazole rings is 1. The average Bonchev–Trinajstić information content (AvgIpc) is 3.39. The molecule has 0 spiro atoms. The van der Waals surface area contributed by atoms with Crippen LogP contribution in [0.3, 0.4) is 0 Å². The lowest BCUT2D eigenvalue weighted by molar-refractivity contribution is 0.0955. The Bertz CT molecular complexity index is 964. The van der Waals surface area contributed by atoms with Gasteiger partial charge in [0.2, 0.25) is 0 Å². The Morgan fingerprint density at radius 1 is 1.21 bits per heavy atom. The van der Waals surface area contributed by atoms with E-state index in [0.717, 1.165) is 28.8 Å².